The van der Waals surface area contributed by atoms with Gasteiger partial charge in [-0.2, -0.15) is 0 Å². The molecule has 2 N–H and O–H groups in total. The van der Waals surface area contributed by atoms with Gasteiger partial charge in [0.25, 0.3) is 0 Å². The van der Waals surface area contributed by atoms with Crippen LogP contribution in [0.25, 0.3) is 11.2 Å². The Morgan fingerprint density at radius 3 is 2.79 bits per heavy atom. The van der Waals surface area contributed by atoms with E-state index in [1.165, 1.54) is 17.3 Å². The van der Waals surface area contributed by atoms with Crippen LogP contribution in [0.5, 0.6) is 0 Å². The van der Waals surface area contributed by atoms with E-state index in [1.54, 1.807) is 6.20 Å². The number of hydrogen-bond acceptors (Lipinski definition) is 4. The molecule has 1 atom stereocenters. The number of anilines is 1. The average molecular weight is 340 g/mol. The third-order valence-electron chi connectivity index (χ3n) is 3.95. The quantitative estimate of drug-likeness (QED) is 0.660. The highest BCUT2D eigenvalue weighted by Crippen LogP contribution is 2.21. The summed E-state index contributed by atoms with van der Waals surface area (Å²) in [5.74, 6) is 0.782. The third-order valence-corrected chi connectivity index (χ3v) is 4.82. The van der Waals surface area contributed by atoms with E-state index in [0.29, 0.717) is 22.5 Å². The molecule has 5 nitrogen and oxygen atoms in total. The Balaban J connectivity index is 1.55. The summed E-state index contributed by atoms with van der Waals surface area (Å²) in [5, 5.41) is 3.61. The number of amides is 1. The van der Waals surface area contributed by atoms with Crippen LogP contribution in [0.15, 0.2) is 47.8 Å². The van der Waals surface area contributed by atoms with Crippen molar-refractivity contribution >= 4 is 34.5 Å². The van der Waals surface area contributed by atoms with Gasteiger partial charge in [0.2, 0.25) is 5.91 Å². The molecule has 0 fully saturated rings. The van der Waals surface area contributed by atoms with Crippen molar-refractivity contribution in [3.8, 4) is 0 Å². The molecular weight excluding hydrogens is 320 g/mol. The first-order valence-corrected chi connectivity index (χ1v) is 8.97. The van der Waals surface area contributed by atoms with Gasteiger partial charge in [-0.25, -0.2) is 9.97 Å². The lowest BCUT2D eigenvalue weighted by atomic mass is 9.99. The maximum atomic E-state index is 12.1. The van der Waals surface area contributed by atoms with Crippen LogP contribution in [0.2, 0.25) is 0 Å². The standard InChI is InChI=1S/C18H20N4OS/c1-3-12(2)13-6-8-14(9-7-13)20-16(23)11-24-18-21-15-5-4-10-19-17(15)22-18/h4-10,12H,3,11H2,1-2H3,(H,20,23)(H,19,21,22)/t12-/m1/s1. The highest BCUT2D eigenvalue weighted by atomic mass is 32.2. The van der Waals surface area contributed by atoms with Crippen molar-refractivity contribution in [2.45, 2.75) is 31.3 Å². The summed E-state index contributed by atoms with van der Waals surface area (Å²) in [6.45, 7) is 4.37. The Labute approximate surface area is 145 Å². The molecule has 24 heavy (non-hydrogen) atoms. The number of fused-ring (bicyclic) bond motifs is 1. The Morgan fingerprint density at radius 1 is 1.29 bits per heavy atom. The third kappa shape index (κ3) is 3.94. The first-order valence-electron chi connectivity index (χ1n) is 7.99. The summed E-state index contributed by atoms with van der Waals surface area (Å²) < 4.78 is 0. The van der Waals surface area contributed by atoms with Gasteiger partial charge in [-0.15, -0.1) is 0 Å². The average Bonchev–Trinajstić information content (AvgIpc) is 3.03. The minimum Gasteiger partial charge on any atom is -0.332 e. The van der Waals surface area contributed by atoms with E-state index in [4.69, 9.17) is 0 Å². The van der Waals surface area contributed by atoms with Crippen LogP contribution >= 0.6 is 11.8 Å². The van der Waals surface area contributed by atoms with Crippen molar-refractivity contribution in [2.75, 3.05) is 11.1 Å². The molecule has 0 radical (unpaired) electrons. The largest absolute Gasteiger partial charge is 0.332 e. The van der Waals surface area contributed by atoms with Crippen molar-refractivity contribution in [3.63, 3.8) is 0 Å². The predicted octanol–water partition coefficient (Wildman–Crippen LogP) is 4.20. The zero-order valence-electron chi connectivity index (χ0n) is 13.7. The summed E-state index contributed by atoms with van der Waals surface area (Å²) in [7, 11) is 0. The van der Waals surface area contributed by atoms with Crippen LogP contribution in [-0.4, -0.2) is 26.6 Å². The molecule has 124 valence electrons. The number of thioether (sulfide) groups is 1. The number of nitrogens with one attached hydrogen (secondary N) is 2. The second-order valence-corrected chi connectivity index (χ2v) is 6.65. The number of benzene rings is 1. The van der Waals surface area contributed by atoms with Crippen molar-refractivity contribution in [2.24, 2.45) is 0 Å². The molecular formula is C18H20N4OS. The highest BCUT2D eigenvalue weighted by Gasteiger charge is 2.08. The summed E-state index contributed by atoms with van der Waals surface area (Å²) in [6.07, 6.45) is 2.81. The fraction of sp³-hybridized carbons (Fsp3) is 0.278. The van der Waals surface area contributed by atoms with Crippen molar-refractivity contribution in [3.05, 3.63) is 48.2 Å². The maximum absolute atomic E-state index is 12.1. The normalized spacial score (nSPS) is 12.2. The van der Waals surface area contributed by atoms with Gasteiger partial charge >= 0.3 is 0 Å². The number of imidazole rings is 1. The molecule has 1 aromatic carbocycles. The van der Waals surface area contributed by atoms with Gasteiger partial charge in [-0.1, -0.05) is 37.7 Å². The lowest BCUT2D eigenvalue weighted by Gasteiger charge is -2.10. The Kier molecular flexibility index (Phi) is 5.15. The molecule has 1 amide bonds. The molecule has 0 aliphatic carbocycles. The van der Waals surface area contributed by atoms with Gasteiger partial charge in [0.15, 0.2) is 10.8 Å². The van der Waals surface area contributed by atoms with Gasteiger partial charge in [-0.05, 0) is 42.2 Å². The minimum absolute atomic E-state index is 0.0512. The molecule has 2 aromatic heterocycles. The lowest BCUT2D eigenvalue weighted by molar-refractivity contribution is -0.113. The van der Waals surface area contributed by atoms with Gasteiger partial charge in [0, 0.05) is 11.9 Å². The molecule has 0 saturated heterocycles. The van der Waals surface area contributed by atoms with Gasteiger partial charge in [0.1, 0.15) is 0 Å². The number of carbonyl (C=O) groups is 1. The molecule has 2 heterocycles. The van der Waals surface area contributed by atoms with E-state index in [0.717, 1.165) is 17.6 Å². The molecule has 0 bridgehead atoms. The summed E-state index contributed by atoms with van der Waals surface area (Å²) in [5.41, 5.74) is 3.65. The van der Waals surface area contributed by atoms with E-state index in [1.807, 2.05) is 24.3 Å². The van der Waals surface area contributed by atoms with Crippen molar-refractivity contribution in [1.82, 2.24) is 15.0 Å². The van der Waals surface area contributed by atoms with Crippen LogP contribution in [0, 0.1) is 0 Å². The number of pyridine rings is 1. The van der Waals surface area contributed by atoms with Crippen molar-refractivity contribution < 1.29 is 4.79 Å². The molecule has 0 aliphatic rings. The molecule has 6 heteroatoms. The Hall–Kier alpha value is -2.34. The van der Waals surface area contributed by atoms with Crippen LogP contribution in [0.4, 0.5) is 5.69 Å². The number of hydrogen-bond donors (Lipinski definition) is 2. The molecule has 3 rings (SSSR count). The molecule has 3 aromatic rings. The topological polar surface area (TPSA) is 70.7 Å². The first-order chi connectivity index (χ1) is 11.7. The Bertz CT molecular complexity index is 795. The number of H-pyrrole nitrogens is 1. The Morgan fingerprint density at radius 2 is 2.08 bits per heavy atom. The second kappa shape index (κ2) is 7.49. The van der Waals surface area contributed by atoms with E-state index in [-0.39, 0.29) is 5.91 Å². The number of rotatable bonds is 6. The molecule has 0 spiro atoms. The van der Waals surface area contributed by atoms with Gasteiger partial charge in [0.05, 0.1) is 11.3 Å². The number of aromatic amines is 1. The van der Waals surface area contributed by atoms with E-state index < -0.39 is 0 Å². The van der Waals surface area contributed by atoms with Crippen molar-refractivity contribution in [1.29, 1.82) is 0 Å². The first kappa shape index (κ1) is 16.5. The fourth-order valence-corrected chi connectivity index (χ4v) is 3.03. The van der Waals surface area contributed by atoms with Crippen LogP contribution in [0.3, 0.4) is 0 Å². The fourth-order valence-electron chi connectivity index (χ4n) is 2.35. The molecule has 0 unspecified atom stereocenters. The summed E-state index contributed by atoms with van der Waals surface area (Å²) in [4.78, 5) is 23.8. The number of aromatic nitrogens is 3. The monoisotopic (exact) mass is 340 g/mol. The molecule has 0 aliphatic heterocycles. The van der Waals surface area contributed by atoms with Gasteiger partial charge in [-0.3, -0.25) is 4.79 Å². The van der Waals surface area contributed by atoms with E-state index in [9.17, 15) is 4.79 Å². The predicted molar refractivity (Wildman–Crippen MR) is 98.4 cm³/mol. The zero-order valence-corrected chi connectivity index (χ0v) is 14.6. The number of nitrogens with zero attached hydrogens (tertiary/aromatic N) is 2. The lowest BCUT2D eigenvalue weighted by Crippen LogP contribution is -2.14. The van der Waals surface area contributed by atoms with E-state index >= 15 is 0 Å². The van der Waals surface area contributed by atoms with Gasteiger partial charge < -0.3 is 10.3 Å². The summed E-state index contributed by atoms with van der Waals surface area (Å²) >= 11 is 1.37. The van der Waals surface area contributed by atoms with Crippen LogP contribution in [-0.2, 0) is 4.79 Å². The van der Waals surface area contributed by atoms with E-state index in [2.05, 4.69) is 46.2 Å². The SMILES string of the molecule is CC[C@@H](C)c1ccc(NC(=O)CSc2nc3ncccc3[nH]2)cc1. The molecule has 0 saturated carbocycles. The summed E-state index contributed by atoms with van der Waals surface area (Å²) in [6, 6.07) is 11.8. The van der Waals surface area contributed by atoms with Crippen LogP contribution in [0.1, 0.15) is 31.7 Å². The number of carbonyl (C=O) groups excluding carboxylic acids is 1. The highest BCUT2D eigenvalue weighted by molar-refractivity contribution is 7.99. The second-order valence-electron chi connectivity index (χ2n) is 5.68. The smallest absolute Gasteiger partial charge is 0.234 e. The zero-order chi connectivity index (χ0) is 16.9. The van der Waals surface area contributed by atoms with Crippen LogP contribution < -0.4 is 5.32 Å². The maximum Gasteiger partial charge on any atom is 0.234 e. The minimum atomic E-state index is -0.0512.